The van der Waals surface area contributed by atoms with Crippen LogP contribution in [0.3, 0.4) is 0 Å². The average molecular weight is 491 g/mol. The number of pyridine rings is 1. The van der Waals surface area contributed by atoms with E-state index in [4.69, 9.17) is 0 Å². The summed E-state index contributed by atoms with van der Waals surface area (Å²) in [7, 11) is -8.71. The average Bonchev–Trinajstić information content (AvgIpc) is 2.86. The topological polar surface area (TPSA) is 93.2 Å². The lowest BCUT2D eigenvalue weighted by molar-refractivity contribution is 0.595. The van der Waals surface area contributed by atoms with Crippen LogP contribution in [0.25, 0.3) is 0 Å². The van der Waals surface area contributed by atoms with Crippen LogP contribution in [-0.4, -0.2) is 21.8 Å². The number of benzene rings is 3. The van der Waals surface area contributed by atoms with Crippen molar-refractivity contribution in [3.63, 3.8) is 0 Å². The summed E-state index contributed by atoms with van der Waals surface area (Å²) in [5.41, 5.74) is 1.82. The van der Waals surface area contributed by atoms with Gasteiger partial charge in [-0.3, -0.25) is 0 Å². The molecule has 1 N–H and O–H groups in total. The Morgan fingerprint density at radius 1 is 0.647 bits per heavy atom. The molecule has 1 aromatic heterocycles. The number of sulfone groups is 2. The molecule has 0 radical (unpaired) electrons. The molecule has 0 aliphatic rings. The minimum atomic E-state index is -4.35. The second kappa shape index (κ2) is 10.0. The fourth-order valence-electron chi connectivity index (χ4n) is 3.33. The summed E-state index contributed by atoms with van der Waals surface area (Å²) in [5, 5.41) is 2.79. The molecule has 0 amide bonds. The van der Waals surface area contributed by atoms with Gasteiger partial charge in [0.15, 0.2) is 4.24 Å². The Labute approximate surface area is 199 Å². The van der Waals surface area contributed by atoms with E-state index in [1.54, 1.807) is 48.5 Å². The van der Waals surface area contributed by atoms with Crippen molar-refractivity contribution >= 4 is 25.5 Å². The van der Waals surface area contributed by atoms with Crippen molar-refractivity contribution in [1.82, 2.24) is 4.98 Å². The highest BCUT2D eigenvalue weighted by Gasteiger charge is 2.33. The summed E-state index contributed by atoms with van der Waals surface area (Å²) in [6, 6.07) is 30.0. The summed E-state index contributed by atoms with van der Waals surface area (Å²) in [6.45, 7) is 0. The van der Waals surface area contributed by atoms with Gasteiger partial charge >= 0.3 is 0 Å². The van der Waals surface area contributed by atoms with E-state index < -0.39 is 23.9 Å². The number of hydrogen-bond donors (Lipinski definition) is 1. The van der Waals surface area contributed by atoms with Gasteiger partial charge in [0.1, 0.15) is 5.82 Å². The Hall–Kier alpha value is -3.75. The molecule has 4 rings (SSSR count). The van der Waals surface area contributed by atoms with Crippen molar-refractivity contribution in [3.05, 3.63) is 131 Å². The van der Waals surface area contributed by atoms with Crippen LogP contribution in [0.2, 0.25) is 0 Å². The first-order valence-electron chi connectivity index (χ1n) is 10.4. The minimum Gasteiger partial charge on any atom is -0.345 e. The van der Waals surface area contributed by atoms with E-state index in [-0.39, 0.29) is 9.79 Å². The lowest BCUT2D eigenvalue weighted by Crippen LogP contribution is -2.16. The number of nitrogens with one attached hydrogen (secondary N) is 1. The highest BCUT2D eigenvalue weighted by atomic mass is 32.3. The monoisotopic (exact) mass is 490 g/mol. The summed E-state index contributed by atoms with van der Waals surface area (Å²) in [4.78, 5) is 4.27. The third kappa shape index (κ3) is 5.24. The van der Waals surface area contributed by atoms with Gasteiger partial charge in [-0.25, -0.2) is 21.8 Å². The molecule has 8 heteroatoms. The number of aromatic nitrogens is 1. The van der Waals surface area contributed by atoms with Crippen molar-refractivity contribution < 1.29 is 16.8 Å². The Morgan fingerprint density at radius 3 is 1.68 bits per heavy atom. The summed E-state index contributed by atoms with van der Waals surface area (Å²) >= 11 is 0. The van der Waals surface area contributed by atoms with E-state index in [9.17, 15) is 16.8 Å². The molecule has 0 aliphatic carbocycles. The van der Waals surface area contributed by atoms with Gasteiger partial charge in [-0.2, -0.15) is 0 Å². The Morgan fingerprint density at radius 2 is 1.15 bits per heavy atom. The van der Waals surface area contributed by atoms with E-state index in [1.165, 1.54) is 24.3 Å². The zero-order valence-electron chi connectivity index (χ0n) is 18.1. The van der Waals surface area contributed by atoms with Crippen molar-refractivity contribution in [3.8, 4) is 0 Å². The quantitative estimate of drug-likeness (QED) is 0.380. The number of anilines is 1. The summed E-state index contributed by atoms with van der Waals surface area (Å²) in [6.07, 6.45) is 1.58. The molecule has 0 aliphatic heterocycles. The number of hydrogen-bond acceptors (Lipinski definition) is 6. The van der Waals surface area contributed by atoms with Crippen LogP contribution in [0, 0.1) is 0 Å². The van der Waals surface area contributed by atoms with Gasteiger partial charge in [0.2, 0.25) is 19.7 Å². The second-order valence-electron chi connectivity index (χ2n) is 7.42. The van der Waals surface area contributed by atoms with Crippen LogP contribution in [0.5, 0.6) is 0 Å². The predicted octanol–water partition coefficient (Wildman–Crippen LogP) is 4.83. The van der Waals surface area contributed by atoms with Crippen LogP contribution in [0.1, 0.15) is 11.3 Å². The number of rotatable bonds is 8. The molecule has 0 atom stereocenters. The molecule has 4 aromatic rings. The highest BCUT2D eigenvalue weighted by molar-refractivity contribution is 8.14. The summed E-state index contributed by atoms with van der Waals surface area (Å²) in [5.74, 6) is 0.331. The molecular formula is C26H22N2O4S2. The summed E-state index contributed by atoms with van der Waals surface area (Å²) < 4.78 is 52.7. The Kier molecular flexibility index (Phi) is 6.90. The standard InChI is InChI=1S/C26H22N2O4S2/c29-33(30,23-14-6-2-7-15-23)26(34(31,32)24-16-8-3-9-17-24)20-27-25-18-10-13-22(28-25)19-21-11-4-1-5-12-21/h1-18,20H,19H2,(H,27,28). The zero-order chi connectivity index (χ0) is 24.0. The van der Waals surface area contributed by atoms with Gasteiger partial charge in [0, 0.05) is 18.3 Å². The minimum absolute atomic E-state index is 0.117. The maximum Gasteiger partial charge on any atom is 0.219 e. The Bertz CT molecular complexity index is 1430. The highest BCUT2D eigenvalue weighted by Crippen LogP contribution is 2.29. The molecule has 0 spiro atoms. The van der Waals surface area contributed by atoms with Gasteiger partial charge in [-0.15, -0.1) is 0 Å². The molecule has 6 nitrogen and oxygen atoms in total. The van der Waals surface area contributed by atoms with Crippen molar-refractivity contribution in [2.45, 2.75) is 16.2 Å². The zero-order valence-corrected chi connectivity index (χ0v) is 19.7. The van der Waals surface area contributed by atoms with Gasteiger partial charge < -0.3 is 5.32 Å². The van der Waals surface area contributed by atoms with Crippen molar-refractivity contribution in [1.29, 1.82) is 0 Å². The first-order valence-corrected chi connectivity index (χ1v) is 13.4. The molecule has 34 heavy (non-hydrogen) atoms. The maximum atomic E-state index is 13.4. The van der Waals surface area contributed by atoms with E-state index in [1.807, 2.05) is 36.4 Å². The van der Waals surface area contributed by atoms with E-state index >= 15 is 0 Å². The fourth-order valence-corrected chi connectivity index (χ4v) is 6.98. The molecule has 3 aromatic carbocycles. The first-order chi connectivity index (χ1) is 16.4. The third-order valence-electron chi connectivity index (χ3n) is 5.01. The number of nitrogens with zero attached hydrogens (tertiary/aromatic N) is 1. The smallest absolute Gasteiger partial charge is 0.219 e. The molecule has 1 heterocycles. The lowest BCUT2D eigenvalue weighted by atomic mass is 10.1. The van der Waals surface area contributed by atoms with Crippen LogP contribution in [-0.2, 0) is 26.1 Å². The van der Waals surface area contributed by atoms with Crippen LogP contribution < -0.4 is 5.32 Å². The van der Waals surface area contributed by atoms with E-state index in [0.29, 0.717) is 12.2 Å². The Balaban J connectivity index is 1.73. The van der Waals surface area contributed by atoms with Gasteiger partial charge in [-0.05, 0) is 42.0 Å². The molecule has 0 bridgehead atoms. The van der Waals surface area contributed by atoms with Crippen LogP contribution in [0.15, 0.2) is 129 Å². The predicted molar refractivity (Wildman–Crippen MR) is 132 cm³/mol. The molecule has 0 saturated carbocycles. The van der Waals surface area contributed by atoms with E-state index in [2.05, 4.69) is 10.3 Å². The maximum absolute atomic E-state index is 13.4. The normalized spacial score (nSPS) is 11.5. The van der Waals surface area contributed by atoms with E-state index in [0.717, 1.165) is 17.5 Å². The molecule has 172 valence electrons. The lowest BCUT2D eigenvalue weighted by Gasteiger charge is -2.12. The van der Waals surface area contributed by atoms with Gasteiger partial charge in [0.05, 0.1) is 9.79 Å². The van der Waals surface area contributed by atoms with Crippen molar-refractivity contribution in [2.24, 2.45) is 0 Å². The molecular weight excluding hydrogens is 468 g/mol. The SMILES string of the molecule is O=S(=O)(C(=CNc1cccc(Cc2ccccc2)n1)S(=O)(=O)c1ccccc1)c1ccccc1. The largest absolute Gasteiger partial charge is 0.345 e. The molecule has 0 unspecified atom stereocenters. The van der Waals surface area contributed by atoms with Gasteiger partial charge in [-0.1, -0.05) is 72.8 Å². The molecule has 0 fully saturated rings. The second-order valence-corrected chi connectivity index (χ2v) is 11.5. The first kappa shape index (κ1) is 23.4. The van der Waals surface area contributed by atoms with Crippen LogP contribution in [0.4, 0.5) is 5.82 Å². The van der Waals surface area contributed by atoms with Gasteiger partial charge in [0.25, 0.3) is 0 Å². The van der Waals surface area contributed by atoms with Crippen molar-refractivity contribution in [2.75, 3.05) is 5.32 Å². The third-order valence-corrected chi connectivity index (χ3v) is 9.41. The fraction of sp³-hybridized carbons (Fsp3) is 0.0385. The molecule has 0 saturated heterocycles. The van der Waals surface area contributed by atoms with Crippen LogP contribution >= 0.6 is 0 Å².